The van der Waals surface area contributed by atoms with Crippen molar-refractivity contribution in [3.05, 3.63) is 56.4 Å². The van der Waals surface area contributed by atoms with Gasteiger partial charge in [0, 0.05) is 10.7 Å². The van der Waals surface area contributed by atoms with E-state index in [1.54, 1.807) is 12.1 Å². The van der Waals surface area contributed by atoms with Crippen molar-refractivity contribution in [3.63, 3.8) is 0 Å². The van der Waals surface area contributed by atoms with E-state index in [0.717, 1.165) is 10.5 Å². The minimum Gasteiger partial charge on any atom is -0.307 e. The molecule has 3 nitrogen and oxygen atoms in total. The number of halogens is 4. The molecule has 0 spiro atoms. The molecule has 1 N–H and O–H groups in total. The lowest BCUT2D eigenvalue weighted by molar-refractivity contribution is 0.102. The molecule has 1 aromatic carbocycles. The average Bonchev–Trinajstić information content (AvgIpc) is 2.36. The zero-order valence-corrected chi connectivity index (χ0v) is 12.4. The number of amides is 1. The Balaban J connectivity index is 2.25. The number of aromatic nitrogens is 1. The van der Waals surface area contributed by atoms with Crippen LogP contribution in [0.1, 0.15) is 10.4 Å². The maximum Gasteiger partial charge on any atom is 0.258 e. The summed E-state index contributed by atoms with van der Waals surface area (Å²) in [6.45, 7) is 0. The molecular weight excluding hydrogens is 358 g/mol. The summed E-state index contributed by atoms with van der Waals surface area (Å²) in [5.41, 5.74) is -0.00622. The SMILES string of the molecule is O=C(Nc1ccc(Br)cn1)c1cc(F)c(Cl)cc1Cl. The Morgan fingerprint density at radius 3 is 2.63 bits per heavy atom. The molecule has 7 heteroatoms. The zero-order chi connectivity index (χ0) is 14.0. The molecule has 0 aliphatic rings. The van der Waals surface area contributed by atoms with E-state index in [0.29, 0.717) is 5.82 Å². The van der Waals surface area contributed by atoms with Gasteiger partial charge in [-0.05, 0) is 40.2 Å². The van der Waals surface area contributed by atoms with Gasteiger partial charge in [-0.25, -0.2) is 9.37 Å². The minimum absolute atomic E-state index is 0.00622. The number of carbonyl (C=O) groups excluding carboxylic acids is 1. The summed E-state index contributed by atoms with van der Waals surface area (Å²) in [4.78, 5) is 15.9. The predicted octanol–water partition coefficient (Wildman–Crippen LogP) is 4.54. The number of hydrogen-bond donors (Lipinski definition) is 1. The number of anilines is 1. The highest BCUT2D eigenvalue weighted by molar-refractivity contribution is 9.10. The summed E-state index contributed by atoms with van der Waals surface area (Å²) in [5, 5.41) is 2.44. The molecule has 1 aromatic heterocycles. The van der Waals surface area contributed by atoms with Crippen LogP contribution in [0.2, 0.25) is 10.0 Å². The third kappa shape index (κ3) is 3.43. The Bertz CT molecular complexity index is 634. The molecule has 0 saturated carbocycles. The summed E-state index contributed by atoms with van der Waals surface area (Å²) in [6, 6.07) is 5.48. The molecular formula is C12H6BrCl2FN2O. The summed E-state index contributed by atoms with van der Waals surface area (Å²) < 4.78 is 14.1. The van der Waals surface area contributed by atoms with Crippen molar-refractivity contribution in [2.24, 2.45) is 0 Å². The number of carbonyl (C=O) groups is 1. The lowest BCUT2D eigenvalue weighted by Crippen LogP contribution is -2.13. The number of pyridine rings is 1. The summed E-state index contributed by atoms with van der Waals surface area (Å²) in [7, 11) is 0. The van der Waals surface area contributed by atoms with E-state index in [4.69, 9.17) is 23.2 Å². The Morgan fingerprint density at radius 1 is 1.26 bits per heavy atom. The van der Waals surface area contributed by atoms with Gasteiger partial charge in [0.1, 0.15) is 11.6 Å². The van der Waals surface area contributed by atoms with Gasteiger partial charge >= 0.3 is 0 Å². The van der Waals surface area contributed by atoms with Crippen molar-refractivity contribution in [2.75, 3.05) is 5.32 Å². The quantitative estimate of drug-likeness (QED) is 0.795. The van der Waals surface area contributed by atoms with Crippen LogP contribution in [-0.2, 0) is 0 Å². The molecule has 0 saturated heterocycles. The van der Waals surface area contributed by atoms with E-state index in [1.165, 1.54) is 12.3 Å². The van der Waals surface area contributed by atoms with E-state index in [-0.39, 0.29) is 15.6 Å². The molecule has 0 aliphatic heterocycles. The molecule has 2 rings (SSSR count). The largest absolute Gasteiger partial charge is 0.307 e. The zero-order valence-electron chi connectivity index (χ0n) is 9.25. The van der Waals surface area contributed by atoms with Crippen LogP contribution in [0.25, 0.3) is 0 Å². The maximum absolute atomic E-state index is 13.3. The van der Waals surface area contributed by atoms with Crippen LogP contribution in [-0.4, -0.2) is 10.9 Å². The van der Waals surface area contributed by atoms with Crippen molar-refractivity contribution in [2.45, 2.75) is 0 Å². The molecule has 0 aliphatic carbocycles. The highest BCUT2D eigenvalue weighted by atomic mass is 79.9. The third-order valence-corrected chi connectivity index (χ3v) is 3.30. The molecule has 19 heavy (non-hydrogen) atoms. The number of rotatable bonds is 2. The molecule has 98 valence electrons. The van der Waals surface area contributed by atoms with E-state index >= 15 is 0 Å². The van der Waals surface area contributed by atoms with Crippen LogP contribution >= 0.6 is 39.1 Å². The molecule has 0 bridgehead atoms. The van der Waals surface area contributed by atoms with Gasteiger partial charge in [-0.3, -0.25) is 4.79 Å². The molecule has 1 amide bonds. The Morgan fingerprint density at radius 2 is 2.00 bits per heavy atom. The van der Waals surface area contributed by atoms with Gasteiger partial charge in [-0.2, -0.15) is 0 Å². The minimum atomic E-state index is -0.708. The first-order chi connectivity index (χ1) is 8.97. The summed E-state index contributed by atoms with van der Waals surface area (Å²) in [5.74, 6) is -0.935. The highest BCUT2D eigenvalue weighted by Gasteiger charge is 2.14. The lowest BCUT2D eigenvalue weighted by atomic mass is 10.2. The van der Waals surface area contributed by atoms with Crippen LogP contribution in [0.5, 0.6) is 0 Å². The van der Waals surface area contributed by atoms with Crippen molar-refractivity contribution in [1.82, 2.24) is 4.98 Å². The number of hydrogen-bond acceptors (Lipinski definition) is 2. The van der Waals surface area contributed by atoms with Crippen LogP contribution in [0.4, 0.5) is 10.2 Å². The Kier molecular flexibility index (Phi) is 4.39. The first-order valence-electron chi connectivity index (χ1n) is 5.05. The molecule has 0 fully saturated rings. The van der Waals surface area contributed by atoms with Gasteiger partial charge in [0.05, 0.1) is 15.6 Å². The maximum atomic E-state index is 13.3. The second-order valence-corrected chi connectivity index (χ2v) is 5.29. The van der Waals surface area contributed by atoms with Crippen LogP contribution in [0, 0.1) is 5.82 Å². The van der Waals surface area contributed by atoms with Crippen molar-refractivity contribution >= 4 is 50.9 Å². The van der Waals surface area contributed by atoms with Gasteiger partial charge in [-0.15, -0.1) is 0 Å². The fourth-order valence-corrected chi connectivity index (χ4v) is 2.03. The fourth-order valence-electron chi connectivity index (χ4n) is 1.33. The van der Waals surface area contributed by atoms with Crippen molar-refractivity contribution < 1.29 is 9.18 Å². The second-order valence-electron chi connectivity index (χ2n) is 3.56. The lowest BCUT2D eigenvalue weighted by Gasteiger charge is -2.07. The average molecular weight is 364 g/mol. The molecule has 0 radical (unpaired) electrons. The van der Waals surface area contributed by atoms with E-state index in [9.17, 15) is 9.18 Å². The Hall–Kier alpha value is -1.17. The predicted molar refractivity (Wildman–Crippen MR) is 76.3 cm³/mol. The van der Waals surface area contributed by atoms with Gasteiger partial charge in [0.25, 0.3) is 5.91 Å². The van der Waals surface area contributed by atoms with Crippen LogP contribution in [0.3, 0.4) is 0 Å². The normalized spacial score (nSPS) is 10.3. The van der Waals surface area contributed by atoms with Crippen molar-refractivity contribution in [1.29, 1.82) is 0 Å². The summed E-state index contributed by atoms with van der Waals surface area (Å²) in [6.07, 6.45) is 1.53. The standard InChI is InChI=1S/C12H6BrCl2FN2O/c13-6-1-2-11(17-5-6)18-12(19)7-3-10(16)9(15)4-8(7)14/h1-5H,(H,17,18,19). The van der Waals surface area contributed by atoms with E-state index < -0.39 is 11.7 Å². The first kappa shape index (κ1) is 14.2. The monoisotopic (exact) mass is 362 g/mol. The van der Waals surface area contributed by atoms with Gasteiger partial charge in [-0.1, -0.05) is 23.2 Å². The van der Waals surface area contributed by atoms with Crippen LogP contribution in [0.15, 0.2) is 34.9 Å². The second kappa shape index (κ2) is 5.86. The third-order valence-electron chi connectivity index (χ3n) is 2.22. The van der Waals surface area contributed by atoms with Gasteiger partial charge in [0.2, 0.25) is 0 Å². The van der Waals surface area contributed by atoms with Gasteiger partial charge < -0.3 is 5.32 Å². The van der Waals surface area contributed by atoms with E-state index in [2.05, 4.69) is 26.2 Å². The summed E-state index contributed by atoms with van der Waals surface area (Å²) >= 11 is 14.6. The van der Waals surface area contributed by atoms with E-state index in [1.807, 2.05) is 0 Å². The first-order valence-corrected chi connectivity index (χ1v) is 6.59. The smallest absolute Gasteiger partial charge is 0.258 e. The molecule has 0 atom stereocenters. The number of nitrogens with zero attached hydrogens (tertiary/aromatic N) is 1. The Labute approximate surface area is 126 Å². The molecule has 0 unspecified atom stereocenters. The van der Waals surface area contributed by atoms with Gasteiger partial charge in [0.15, 0.2) is 0 Å². The highest BCUT2D eigenvalue weighted by Crippen LogP contribution is 2.25. The number of benzene rings is 1. The number of nitrogens with one attached hydrogen (secondary N) is 1. The fraction of sp³-hybridized carbons (Fsp3) is 0. The molecule has 2 aromatic rings. The molecule has 1 heterocycles. The topological polar surface area (TPSA) is 42.0 Å². The van der Waals surface area contributed by atoms with Crippen LogP contribution < -0.4 is 5.32 Å². The van der Waals surface area contributed by atoms with Crippen molar-refractivity contribution in [3.8, 4) is 0 Å².